The molecule has 1 aliphatic rings. The molecule has 11 nitrogen and oxygen atoms in total. The Labute approximate surface area is 196 Å². The number of nitro benzene ring substituents is 1. The number of hydrogen-bond acceptors (Lipinski definition) is 8. The number of benzene rings is 1. The summed E-state index contributed by atoms with van der Waals surface area (Å²) >= 11 is 0. The van der Waals surface area contributed by atoms with E-state index in [1.807, 2.05) is 27.7 Å². The molecule has 2 aromatic rings. The van der Waals surface area contributed by atoms with Crippen LogP contribution in [0.3, 0.4) is 0 Å². The van der Waals surface area contributed by atoms with Gasteiger partial charge in [0.05, 0.1) is 48.1 Å². The number of H-pyrrole nitrogens is 1. The largest absolute Gasteiger partial charge is 0.497 e. The highest BCUT2D eigenvalue weighted by Crippen LogP contribution is 2.42. The zero-order chi connectivity index (χ0) is 25.2. The predicted molar refractivity (Wildman–Crippen MR) is 123 cm³/mol. The van der Waals surface area contributed by atoms with Crippen LogP contribution in [0.25, 0.3) is 0 Å². The molecule has 4 atom stereocenters. The maximum absolute atomic E-state index is 12.5. The summed E-state index contributed by atoms with van der Waals surface area (Å²) in [4.78, 5) is 38.3. The highest BCUT2D eigenvalue weighted by atomic mass is 16.6. The third kappa shape index (κ3) is 5.37. The van der Waals surface area contributed by atoms with Gasteiger partial charge in [-0.1, -0.05) is 27.7 Å². The van der Waals surface area contributed by atoms with Crippen LogP contribution in [0.15, 0.2) is 34.0 Å². The zero-order valence-corrected chi connectivity index (χ0v) is 19.9. The molecule has 1 unspecified atom stereocenters. The second-order valence-electron chi connectivity index (χ2n) is 9.40. The molecule has 11 heteroatoms. The van der Waals surface area contributed by atoms with Crippen molar-refractivity contribution >= 4 is 5.69 Å². The Kier molecular flexibility index (Phi) is 7.59. The van der Waals surface area contributed by atoms with Gasteiger partial charge in [0.1, 0.15) is 12.0 Å². The molecule has 0 spiro atoms. The van der Waals surface area contributed by atoms with E-state index in [0.717, 1.165) is 0 Å². The molecule has 34 heavy (non-hydrogen) atoms. The topological polar surface area (TPSA) is 146 Å². The molecule has 0 bridgehead atoms. The van der Waals surface area contributed by atoms with E-state index in [1.54, 1.807) is 6.07 Å². The second kappa shape index (κ2) is 10.1. The molecule has 0 amide bonds. The van der Waals surface area contributed by atoms with Crippen molar-refractivity contribution < 1.29 is 24.2 Å². The van der Waals surface area contributed by atoms with Crippen LogP contribution in [0, 0.1) is 15.5 Å². The van der Waals surface area contributed by atoms with E-state index in [1.165, 1.54) is 30.0 Å². The fourth-order valence-electron chi connectivity index (χ4n) is 4.11. The fourth-order valence-corrected chi connectivity index (χ4v) is 4.11. The highest BCUT2D eigenvalue weighted by Gasteiger charge is 2.35. The molecule has 1 aromatic heterocycles. The number of methoxy groups -OCH3 is 1. The van der Waals surface area contributed by atoms with Gasteiger partial charge in [-0.15, -0.1) is 0 Å². The number of aromatic amines is 1. The lowest BCUT2D eigenvalue weighted by Crippen LogP contribution is -2.34. The van der Waals surface area contributed by atoms with Crippen LogP contribution in [0.1, 0.15) is 64.0 Å². The van der Waals surface area contributed by atoms with E-state index in [9.17, 15) is 24.8 Å². The average Bonchev–Trinajstić information content (AvgIpc) is 3.14. The first-order chi connectivity index (χ1) is 16.0. The lowest BCUT2D eigenvalue weighted by Gasteiger charge is -2.31. The molecule has 186 valence electrons. The van der Waals surface area contributed by atoms with Gasteiger partial charge in [0.15, 0.2) is 0 Å². The highest BCUT2D eigenvalue weighted by molar-refractivity contribution is 5.47. The summed E-state index contributed by atoms with van der Waals surface area (Å²) in [7, 11) is 1.46. The van der Waals surface area contributed by atoms with Crippen molar-refractivity contribution in [2.45, 2.75) is 71.7 Å². The third-order valence-electron chi connectivity index (χ3n) is 5.86. The number of rotatable bonds is 8. The monoisotopic (exact) mass is 477 g/mol. The molecule has 0 saturated carbocycles. The van der Waals surface area contributed by atoms with Crippen LogP contribution >= 0.6 is 0 Å². The van der Waals surface area contributed by atoms with E-state index >= 15 is 0 Å². The van der Waals surface area contributed by atoms with E-state index in [0.29, 0.717) is 17.7 Å². The molecular formula is C23H31N3O8. The van der Waals surface area contributed by atoms with Gasteiger partial charge in [-0.3, -0.25) is 24.5 Å². The lowest BCUT2D eigenvalue weighted by atomic mass is 9.83. The number of nitro groups is 1. The summed E-state index contributed by atoms with van der Waals surface area (Å²) in [6.07, 6.45) is -0.451. The van der Waals surface area contributed by atoms with Crippen LogP contribution in [0.5, 0.6) is 5.75 Å². The first-order valence-electron chi connectivity index (χ1n) is 11.1. The van der Waals surface area contributed by atoms with E-state index < -0.39 is 46.1 Å². The first kappa shape index (κ1) is 25.6. The molecule has 2 heterocycles. The van der Waals surface area contributed by atoms with Gasteiger partial charge in [-0.2, -0.15) is 0 Å². The van der Waals surface area contributed by atoms with E-state index in [4.69, 9.17) is 14.2 Å². The van der Waals surface area contributed by atoms with Crippen molar-refractivity contribution in [2.75, 3.05) is 7.11 Å². The Morgan fingerprint density at radius 1 is 1.35 bits per heavy atom. The SMILES string of the molecule is CC[C@H]1O[C@@H](n2cc(CO[C@H](c3cc(OC)ccc3[N+](=O)[O-])C(C)(C)C)c(=O)[nH]c2=O)CC1O. The van der Waals surface area contributed by atoms with Gasteiger partial charge in [-0.05, 0) is 24.0 Å². The van der Waals surface area contributed by atoms with Gasteiger partial charge in [0, 0.05) is 18.7 Å². The fraction of sp³-hybridized carbons (Fsp3) is 0.565. The number of nitrogens with zero attached hydrogens (tertiary/aromatic N) is 2. The third-order valence-corrected chi connectivity index (χ3v) is 5.86. The summed E-state index contributed by atoms with van der Waals surface area (Å²) in [5, 5.41) is 21.8. The molecule has 3 rings (SSSR count). The van der Waals surface area contributed by atoms with Crippen molar-refractivity contribution in [3.8, 4) is 5.75 Å². The summed E-state index contributed by atoms with van der Waals surface area (Å²) in [6.45, 7) is 7.26. The summed E-state index contributed by atoms with van der Waals surface area (Å²) in [5.74, 6) is 0.437. The van der Waals surface area contributed by atoms with Crippen LogP contribution in [0.2, 0.25) is 0 Å². The van der Waals surface area contributed by atoms with Gasteiger partial charge in [0.25, 0.3) is 11.2 Å². The number of aliphatic hydroxyl groups is 1. The summed E-state index contributed by atoms with van der Waals surface area (Å²) < 4.78 is 18.3. The van der Waals surface area contributed by atoms with Crippen LogP contribution in [-0.4, -0.2) is 38.9 Å². The van der Waals surface area contributed by atoms with Gasteiger partial charge >= 0.3 is 5.69 Å². The average molecular weight is 478 g/mol. The number of aliphatic hydroxyl groups excluding tert-OH is 1. The molecular weight excluding hydrogens is 446 g/mol. The maximum atomic E-state index is 12.5. The van der Waals surface area contributed by atoms with E-state index in [-0.39, 0.29) is 24.3 Å². The Morgan fingerprint density at radius 3 is 2.62 bits per heavy atom. The van der Waals surface area contributed by atoms with Crippen LogP contribution in [0.4, 0.5) is 5.69 Å². The first-order valence-corrected chi connectivity index (χ1v) is 11.1. The smallest absolute Gasteiger partial charge is 0.330 e. The molecule has 1 fully saturated rings. The van der Waals surface area contributed by atoms with Crippen molar-refractivity contribution in [3.63, 3.8) is 0 Å². The minimum atomic E-state index is -0.767. The number of nitrogens with one attached hydrogen (secondary N) is 1. The Hall–Kier alpha value is -3.02. The quantitative estimate of drug-likeness (QED) is 0.436. The second-order valence-corrected chi connectivity index (χ2v) is 9.40. The number of ether oxygens (including phenoxy) is 3. The molecule has 0 aliphatic carbocycles. The zero-order valence-electron chi connectivity index (χ0n) is 19.9. The minimum Gasteiger partial charge on any atom is -0.497 e. The normalized spacial score (nSPS) is 21.4. The van der Waals surface area contributed by atoms with Crippen LogP contribution < -0.4 is 16.0 Å². The molecule has 1 aliphatic heterocycles. The Bertz CT molecular complexity index is 1150. The van der Waals surface area contributed by atoms with Crippen molar-refractivity contribution in [1.29, 1.82) is 0 Å². The van der Waals surface area contributed by atoms with Gasteiger partial charge < -0.3 is 19.3 Å². The summed E-state index contributed by atoms with van der Waals surface area (Å²) in [6, 6.07) is 4.41. The number of hydrogen-bond donors (Lipinski definition) is 2. The number of aromatic nitrogens is 2. The van der Waals surface area contributed by atoms with Crippen LogP contribution in [-0.2, 0) is 16.1 Å². The molecule has 1 saturated heterocycles. The summed E-state index contributed by atoms with van der Waals surface area (Å²) in [5.41, 5.74) is -1.52. The molecule has 0 radical (unpaired) electrons. The minimum absolute atomic E-state index is 0.126. The molecule has 1 aromatic carbocycles. The van der Waals surface area contributed by atoms with Crippen molar-refractivity contribution in [3.05, 3.63) is 66.5 Å². The molecule has 2 N–H and O–H groups in total. The van der Waals surface area contributed by atoms with Crippen molar-refractivity contribution in [1.82, 2.24) is 9.55 Å². The van der Waals surface area contributed by atoms with E-state index in [2.05, 4.69) is 4.98 Å². The predicted octanol–water partition coefficient (Wildman–Crippen LogP) is 2.82. The lowest BCUT2D eigenvalue weighted by molar-refractivity contribution is -0.386. The Balaban J connectivity index is 1.94. The standard InChI is InChI=1S/C23H31N3O8/c1-6-18-17(27)10-19(34-18)25-11-13(21(28)24-22(25)29)12-33-20(23(2,3)4)15-9-14(32-5)7-8-16(15)26(30)31/h7-9,11,17-20,27H,6,10,12H2,1-5H3,(H,24,28,29)/t17?,18-,19-,20-/m1/s1. The van der Waals surface area contributed by atoms with Gasteiger partial charge in [0.2, 0.25) is 0 Å². The van der Waals surface area contributed by atoms with Crippen molar-refractivity contribution in [2.24, 2.45) is 5.41 Å². The maximum Gasteiger partial charge on any atom is 0.330 e. The Morgan fingerprint density at radius 2 is 2.06 bits per heavy atom. The van der Waals surface area contributed by atoms with Gasteiger partial charge in [-0.25, -0.2) is 4.79 Å².